The number of pyridine rings is 1. The van der Waals surface area contributed by atoms with Gasteiger partial charge in [-0.2, -0.15) is 0 Å². The van der Waals surface area contributed by atoms with Gasteiger partial charge in [-0.25, -0.2) is 9.78 Å². The number of nitrogens with zero attached hydrogens (tertiary/aromatic N) is 1. The van der Waals surface area contributed by atoms with E-state index in [0.29, 0.717) is 17.1 Å². The lowest BCUT2D eigenvalue weighted by atomic mass is 10.1. The highest BCUT2D eigenvalue weighted by molar-refractivity contribution is 9.10. The fourth-order valence-corrected chi connectivity index (χ4v) is 3.34. The van der Waals surface area contributed by atoms with E-state index in [9.17, 15) is 4.79 Å². The molecule has 28 heavy (non-hydrogen) atoms. The zero-order valence-corrected chi connectivity index (χ0v) is 16.3. The van der Waals surface area contributed by atoms with Crippen molar-refractivity contribution in [3.05, 3.63) is 58.7 Å². The molecule has 0 unspecified atom stereocenters. The predicted octanol–water partition coefficient (Wildman–Crippen LogP) is 5.47. The Balaban J connectivity index is 1.85. The van der Waals surface area contributed by atoms with Crippen molar-refractivity contribution in [3.8, 4) is 17.4 Å². The molecule has 0 bridgehead atoms. The first-order chi connectivity index (χ1) is 13.5. The molecule has 8 heteroatoms. The molecule has 0 amide bonds. The van der Waals surface area contributed by atoms with Crippen molar-refractivity contribution < 1.29 is 24.1 Å². The number of halogens is 1. The number of hydrogen-bond acceptors (Lipinski definition) is 5. The first-order valence-electron chi connectivity index (χ1n) is 8.31. The Bertz CT molecular complexity index is 1170. The molecule has 2 heterocycles. The zero-order chi connectivity index (χ0) is 19.7. The summed E-state index contributed by atoms with van der Waals surface area (Å²) in [5.74, 6) is 1.36. The number of methoxy groups -OCH3 is 1. The van der Waals surface area contributed by atoms with Gasteiger partial charge in [0.05, 0.1) is 23.9 Å². The van der Waals surface area contributed by atoms with Crippen LogP contribution in [-0.2, 0) is 11.3 Å². The summed E-state index contributed by atoms with van der Waals surface area (Å²) in [7, 11) is 1.53. The van der Waals surface area contributed by atoms with Gasteiger partial charge in [-0.3, -0.25) is 0 Å². The molecule has 0 saturated heterocycles. The van der Waals surface area contributed by atoms with Gasteiger partial charge in [-0.1, -0.05) is 15.9 Å². The first-order valence-corrected chi connectivity index (χ1v) is 9.11. The van der Waals surface area contributed by atoms with Gasteiger partial charge in [-0.15, -0.1) is 0 Å². The maximum atomic E-state index is 11.0. The van der Waals surface area contributed by atoms with Gasteiger partial charge in [0, 0.05) is 27.9 Å². The van der Waals surface area contributed by atoms with Crippen LogP contribution in [0.4, 0.5) is 4.79 Å². The van der Waals surface area contributed by atoms with E-state index in [1.807, 2.05) is 42.5 Å². The summed E-state index contributed by atoms with van der Waals surface area (Å²) in [6.45, 7) is 0.150. The molecule has 2 N–H and O–H groups in total. The lowest BCUT2D eigenvalue weighted by Crippen LogP contribution is -2.07. The number of benzene rings is 2. The number of aromatic nitrogens is 2. The molecule has 0 aliphatic heterocycles. The van der Waals surface area contributed by atoms with E-state index < -0.39 is 6.16 Å². The number of carbonyl (C=O) groups is 1. The molecule has 2 aromatic heterocycles. The SMILES string of the molecule is COCc1c(OC(=O)O)ncc2[nH]c3ccc(Oc4ccc(Br)cc4)cc3c12. The molecular weight excluding hydrogens is 428 g/mol. The Labute approximate surface area is 168 Å². The Morgan fingerprint density at radius 1 is 1.14 bits per heavy atom. The molecule has 0 aliphatic carbocycles. The van der Waals surface area contributed by atoms with Crippen molar-refractivity contribution in [2.45, 2.75) is 6.61 Å². The Morgan fingerprint density at radius 2 is 1.89 bits per heavy atom. The van der Waals surface area contributed by atoms with Gasteiger partial charge in [0.2, 0.25) is 5.88 Å². The van der Waals surface area contributed by atoms with Crippen molar-refractivity contribution in [1.29, 1.82) is 0 Å². The summed E-state index contributed by atoms with van der Waals surface area (Å²) in [6.07, 6.45) is 0.116. The number of aromatic amines is 1. The third-order valence-corrected chi connectivity index (χ3v) is 4.72. The van der Waals surface area contributed by atoms with Crippen molar-refractivity contribution in [3.63, 3.8) is 0 Å². The fraction of sp³-hybridized carbons (Fsp3) is 0.100. The number of fused-ring (bicyclic) bond motifs is 3. The monoisotopic (exact) mass is 442 g/mol. The molecule has 4 rings (SSSR count). The number of nitrogens with one attached hydrogen (secondary N) is 1. The molecule has 0 radical (unpaired) electrons. The second kappa shape index (κ2) is 7.49. The minimum absolute atomic E-state index is 0.00183. The summed E-state index contributed by atoms with van der Waals surface area (Å²) in [5.41, 5.74) is 2.17. The molecule has 0 atom stereocenters. The molecule has 0 fully saturated rings. The summed E-state index contributed by atoms with van der Waals surface area (Å²) in [4.78, 5) is 18.4. The van der Waals surface area contributed by atoms with E-state index >= 15 is 0 Å². The molecule has 4 aromatic rings. The number of hydrogen-bond donors (Lipinski definition) is 2. The van der Waals surface area contributed by atoms with Gasteiger partial charge in [-0.05, 0) is 42.5 Å². The van der Waals surface area contributed by atoms with Crippen LogP contribution in [-0.4, -0.2) is 28.3 Å². The summed E-state index contributed by atoms with van der Waals surface area (Å²) < 4.78 is 17.0. The number of H-pyrrole nitrogens is 1. The van der Waals surface area contributed by atoms with Crippen molar-refractivity contribution >= 4 is 43.9 Å². The topological polar surface area (TPSA) is 93.7 Å². The molecule has 7 nitrogen and oxygen atoms in total. The highest BCUT2D eigenvalue weighted by Gasteiger charge is 2.18. The van der Waals surface area contributed by atoms with E-state index in [0.717, 1.165) is 26.3 Å². The van der Waals surface area contributed by atoms with Crippen LogP contribution in [0.2, 0.25) is 0 Å². The van der Waals surface area contributed by atoms with Gasteiger partial charge in [0.1, 0.15) is 11.5 Å². The fourth-order valence-electron chi connectivity index (χ4n) is 3.07. The third kappa shape index (κ3) is 3.51. The lowest BCUT2D eigenvalue weighted by Gasteiger charge is -2.09. The minimum atomic E-state index is -1.43. The molecule has 0 spiro atoms. The van der Waals surface area contributed by atoms with Crippen LogP contribution in [0.3, 0.4) is 0 Å². The minimum Gasteiger partial charge on any atom is -0.457 e. The lowest BCUT2D eigenvalue weighted by molar-refractivity contribution is 0.139. The number of rotatable bonds is 5. The van der Waals surface area contributed by atoms with Crippen LogP contribution in [0.15, 0.2) is 53.1 Å². The van der Waals surface area contributed by atoms with E-state index in [1.54, 1.807) is 6.20 Å². The van der Waals surface area contributed by atoms with E-state index in [1.165, 1.54) is 7.11 Å². The van der Waals surface area contributed by atoms with E-state index in [-0.39, 0.29) is 12.5 Å². The quantitative estimate of drug-likeness (QED) is 0.397. The second-order valence-corrected chi connectivity index (χ2v) is 6.94. The van der Waals surface area contributed by atoms with E-state index in [2.05, 4.69) is 25.9 Å². The second-order valence-electron chi connectivity index (χ2n) is 6.02. The van der Waals surface area contributed by atoms with Crippen molar-refractivity contribution in [2.75, 3.05) is 7.11 Å². The normalized spacial score (nSPS) is 11.1. The maximum Gasteiger partial charge on any atom is 0.512 e. The molecule has 0 aliphatic rings. The van der Waals surface area contributed by atoms with Gasteiger partial charge in [0.25, 0.3) is 0 Å². The Morgan fingerprint density at radius 3 is 2.61 bits per heavy atom. The van der Waals surface area contributed by atoms with Gasteiger partial charge < -0.3 is 24.3 Å². The first kappa shape index (κ1) is 18.3. The predicted molar refractivity (Wildman–Crippen MR) is 107 cm³/mol. The van der Waals surface area contributed by atoms with Gasteiger partial charge >= 0.3 is 6.16 Å². The van der Waals surface area contributed by atoms with Crippen molar-refractivity contribution in [2.24, 2.45) is 0 Å². The van der Waals surface area contributed by atoms with E-state index in [4.69, 9.17) is 19.3 Å². The van der Waals surface area contributed by atoms with Gasteiger partial charge in [0.15, 0.2) is 0 Å². The van der Waals surface area contributed by atoms with Crippen LogP contribution in [0.25, 0.3) is 21.8 Å². The smallest absolute Gasteiger partial charge is 0.457 e. The highest BCUT2D eigenvalue weighted by atomic mass is 79.9. The standard InChI is InChI=1S/C20H15BrN2O5/c1-26-10-15-18-14-8-13(27-12-4-2-11(21)3-5-12)6-7-16(14)23-17(18)9-22-19(15)28-20(24)25/h2-9,23H,10H2,1H3,(H,24,25). The molecule has 0 saturated carbocycles. The largest absolute Gasteiger partial charge is 0.512 e. The van der Waals surface area contributed by atoms with Crippen LogP contribution in [0, 0.1) is 0 Å². The Kier molecular flexibility index (Phi) is 4.89. The Hall–Kier alpha value is -3.10. The molecular formula is C20H15BrN2O5. The molecule has 142 valence electrons. The molecule has 2 aromatic carbocycles. The van der Waals surface area contributed by atoms with Crippen molar-refractivity contribution in [1.82, 2.24) is 9.97 Å². The zero-order valence-electron chi connectivity index (χ0n) is 14.7. The number of ether oxygens (including phenoxy) is 3. The van der Waals surface area contributed by atoms with Crippen LogP contribution >= 0.6 is 15.9 Å². The highest BCUT2D eigenvalue weighted by Crippen LogP contribution is 2.35. The average molecular weight is 443 g/mol. The maximum absolute atomic E-state index is 11.0. The summed E-state index contributed by atoms with van der Waals surface area (Å²) in [6, 6.07) is 13.2. The van der Waals surface area contributed by atoms with Crippen LogP contribution < -0.4 is 9.47 Å². The third-order valence-electron chi connectivity index (χ3n) is 4.19. The summed E-state index contributed by atoms with van der Waals surface area (Å²) in [5, 5.41) is 10.6. The van der Waals surface area contributed by atoms with Crippen LogP contribution in [0.1, 0.15) is 5.56 Å². The van der Waals surface area contributed by atoms with Crippen LogP contribution in [0.5, 0.6) is 17.4 Å². The summed E-state index contributed by atoms with van der Waals surface area (Å²) >= 11 is 3.40. The average Bonchev–Trinajstić information content (AvgIpc) is 3.03. The number of carboxylic acid groups (broad SMARTS) is 1.